The van der Waals surface area contributed by atoms with Crippen molar-refractivity contribution >= 4 is 0 Å². The monoisotopic (exact) mass is 227 g/mol. The normalized spacial score (nSPS) is 21.2. The molecule has 0 bridgehead atoms. The predicted octanol–water partition coefficient (Wildman–Crippen LogP) is 3.22. The van der Waals surface area contributed by atoms with E-state index < -0.39 is 0 Å². The standard InChI is InChI=1S/C14H29NO/c1-4-9-15-11-14(10-12(2)16-3)13-7-5-6-8-13/h12-15H,4-11H2,1-3H3. The minimum atomic E-state index is 0.411. The average molecular weight is 227 g/mol. The molecule has 0 spiro atoms. The Morgan fingerprint density at radius 3 is 2.56 bits per heavy atom. The molecule has 0 amide bonds. The summed E-state index contributed by atoms with van der Waals surface area (Å²) in [6, 6.07) is 0. The fourth-order valence-electron chi connectivity index (χ4n) is 2.86. The van der Waals surface area contributed by atoms with Crippen LogP contribution >= 0.6 is 0 Å². The van der Waals surface area contributed by atoms with E-state index in [0.29, 0.717) is 6.10 Å². The molecule has 1 N–H and O–H groups in total. The Morgan fingerprint density at radius 1 is 1.31 bits per heavy atom. The molecule has 1 aliphatic carbocycles. The lowest BCUT2D eigenvalue weighted by molar-refractivity contribution is 0.0834. The summed E-state index contributed by atoms with van der Waals surface area (Å²) >= 11 is 0. The number of methoxy groups -OCH3 is 1. The fourth-order valence-corrected chi connectivity index (χ4v) is 2.86. The first-order valence-electron chi connectivity index (χ1n) is 7.01. The first-order chi connectivity index (χ1) is 7.77. The summed E-state index contributed by atoms with van der Waals surface area (Å²) in [5, 5.41) is 3.59. The number of nitrogens with one attached hydrogen (secondary N) is 1. The molecule has 0 aromatic heterocycles. The summed E-state index contributed by atoms with van der Waals surface area (Å²) in [5.41, 5.74) is 0. The van der Waals surface area contributed by atoms with Gasteiger partial charge >= 0.3 is 0 Å². The topological polar surface area (TPSA) is 21.3 Å². The van der Waals surface area contributed by atoms with Gasteiger partial charge in [-0.25, -0.2) is 0 Å². The van der Waals surface area contributed by atoms with Crippen molar-refractivity contribution in [2.24, 2.45) is 11.8 Å². The molecular formula is C14H29NO. The SMILES string of the molecule is CCCNCC(CC(C)OC)C1CCCC1. The summed E-state index contributed by atoms with van der Waals surface area (Å²) in [6.07, 6.45) is 8.62. The second-order valence-corrected chi connectivity index (χ2v) is 5.29. The molecular weight excluding hydrogens is 198 g/mol. The average Bonchev–Trinajstić information content (AvgIpc) is 2.81. The molecule has 2 nitrogen and oxygen atoms in total. The quantitative estimate of drug-likeness (QED) is 0.643. The van der Waals surface area contributed by atoms with Crippen molar-refractivity contribution in [2.75, 3.05) is 20.2 Å². The van der Waals surface area contributed by atoms with E-state index in [1.807, 2.05) is 7.11 Å². The summed E-state index contributed by atoms with van der Waals surface area (Å²) in [4.78, 5) is 0. The maximum atomic E-state index is 5.42. The van der Waals surface area contributed by atoms with Crippen molar-refractivity contribution < 1.29 is 4.74 Å². The van der Waals surface area contributed by atoms with Crippen LogP contribution in [0.3, 0.4) is 0 Å². The summed E-state index contributed by atoms with van der Waals surface area (Å²) in [6.45, 7) is 6.77. The highest BCUT2D eigenvalue weighted by Crippen LogP contribution is 2.33. The van der Waals surface area contributed by atoms with E-state index in [4.69, 9.17) is 4.74 Å². The maximum Gasteiger partial charge on any atom is 0.0546 e. The number of ether oxygens (including phenoxy) is 1. The molecule has 1 rings (SSSR count). The first-order valence-corrected chi connectivity index (χ1v) is 7.01. The molecule has 0 saturated heterocycles. The van der Waals surface area contributed by atoms with Crippen LogP contribution in [-0.2, 0) is 4.74 Å². The fraction of sp³-hybridized carbons (Fsp3) is 1.00. The van der Waals surface area contributed by atoms with Crippen molar-refractivity contribution in [1.82, 2.24) is 5.32 Å². The molecule has 1 fully saturated rings. The minimum Gasteiger partial charge on any atom is -0.382 e. The van der Waals surface area contributed by atoms with Crippen LogP contribution in [0.2, 0.25) is 0 Å². The zero-order valence-corrected chi connectivity index (χ0v) is 11.3. The largest absolute Gasteiger partial charge is 0.382 e. The van der Waals surface area contributed by atoms with Gasteiger partial charge in [-0.15, -0.1) is 0 Å². The van der Waals surface area contributed by atoms with Crippen LogP contribution in [0.25, 0.3) is 0 Å². The number of hydrogen-bond donors (Lipinski definition) is 1. The third kappa shape index (κ3) is 4.84. The lowest BCUT2D eigenvalue weighted by Crippen LogP contribution is -2.30. The zero-order valence-electron chi connectivity index (χ0n) is 11.3. The van der Waals surface area contributed by atoms with E-state index >= 15 is 0 Å². The van der Waals surface area contributed by atoms with Crippen molar-refractivity contribution in [1.29, 1.82) is 0 Å². The zero-order chi connectivity index (χ0) is 11.8. The van der Waals surface area contributed by atoms with Gasteiger partial charge in [0, 0.05) is 7.11 Å². The molecule has 0 radical (unpaired) electrons. The molecule has 0 aromatic rings. The van der Waals surface area contributed by atoms with E-state index in [1.54, 1.807) is 0 Å². The minimum absolute atomic E-state index is 0.411. The van der Waals surface area contributed by atoms with Crippen molar-refractivity contribution in [3.8, 4) is 0 Å². The number of hydrogen-bond acceptors (Lipinski definition) is 2. The Kier molecular flexibility index (Phi) is 7.06. The smallest absolute Gasteiger partial charge is 0.0546 e. The molecule has 0 aliphatic heterocycles. The molecule has 0 aromatic carbocycles. The second kappa shape index (κ2) is 8.08. The van der Waals surface area contributed by atoms with Gasteiger partial charge in [0.1, 0.15) is 0 Å². The predicted molar refractivity (Wildman–Crippen MR) is 69.7 cm³/mol. The molecule has 1 saturated carbocycles. The molecule has 2 atom stereocenters. The molecule has 1 aliphatic rings. The van der Waals surface area contributed by atoms with Crippen LogP contribution in [0.1, 0.15) is 52.4 Å². The highest BCUT2D eigenvalue weighted by atomic mass is 16.5. The second-order valence-electron chi connectivity index (χ2n) is 5.29. The van der Waals surface area contributed by atoms with Gasteiger partial charge in [-0.2, -0.15) is 0 Å². The van der Waals surface area contributed by atoms with Crippen molar-refractivity contribution in [2.45, 2.75) is 58.5 Å². The molecule has 2 unspecified atom stereocenters. The van der Waals surface area contributed by atoms with Gasteiger partial charge in [0.05, 0.1) is 6.10 Å². The molecule has 0 heterocycles. The Morgan fingerprint density at radius 2 is 2.00 bits per heavy atom. The highest BCUT2D eigenvalue weighted by molar-refractivity contribution is 4.78. The Labute approximate surface area is 101 Å². The van der Waals surface area contributed by atoms with Crippen LogP contribution in [0, 0.1) is 11.8 Å². The van der Waals surface area contributed by atoms with Crippen LogP contribution in [0.4, 0.5) is 0 Å². The van der Waals surface area contributed by atoms with E-state index in [0.717, 1.165) is 18.4 Å². The van der Waals surface area contributed by atoms with Gasteiger partial charge in [-0.3, -0.25) is 0 Å². The lowest BCUT2D eigenvalue weighted by atomic mass is 9.86. The van der Waals surface area contributed by atoms with Gasteiger partial charge in [0.25, 0.3) is 0 Å². The molecule has 2 heteroatoms. The molecule has 96 valence electrons. The highest BCUT2D eigenvalue weighted by Gasteiger charge is 2.25. The van der Waals surface area contributed by atoms with Gasteiger partial charge in [0.2, 0.25) is 0 Å². The lowest BCUT2D eigenvalue weighted by Gasteiger charge is -2.26. The Hall–Kier alpha value is -0.0800. The van der Waals surface area contributed by atoms with Gasteiger partial charge in [-0.1, -0.05) is 32.6 Å². The van der Waals surface area contributed by atoms with Crippen LogP contribution in [0.5, 0.6) is 0 Å². The van der Waals surface area contributed by atoms with Crippen LogP contribution in [-0.4, -0.2) is 26.3 Å². The third-order valence-electron chi connectivity index (χ3n) is 3.94. The summed E-state index contributed by atoms with van der Waals surface area (Å²) < 4.78 is 5.42. The molecule has 16 heavy (non-hydrogen) atoms. The van der Waals surface area contributed by atoms with Gasteiger partial charge < -0.3 is 10.1 Å². The first kappa shape index (κ1) is 14.0. The van der Waals surface area contributed by atoms with Gasteiger partial charge in [-0.05, 0) is 44.7 Å². The summed E-state index contributed by atoms with van der Waals surface area (Å²) in [7, 11) is 1.83. The van der Waals surface area contributed by atoms with E-state index in [9.17, 15) is 0 Å². The van der Waals surface area contributed by atoms with Crippen LogP contribution < -0.4 is 5.32 Å². The van der Waals surface area contributed by atoms with E-state index in [-0.39, 0.29) is 0 Å². The Bertz CT molecular complexity index is 166. The van der Waals surface area contributed by atoms with E-state index in [2.05, 4.69) is 19.2 Å². The summed E-state index contributed by atoms with van der Waals surface area (Å²) in [5.74, 6) is 1.77. The van der Waals surface area contributed by atoms with Gasteiger partial charge in [0.15, 0.2) is 0 Å². The Balaban J connectivity index is 2.33. The number of rotatable bonds is 8. The van der Waals surface area contributed by atoms with Crippen LogP contribution in [0.15, 0.2) is 0 Å². The maximum absolute atomic E-state index is 5.42. The van der Waals surface area contributed by atoms with Crippen molar-refractivity contribution in [3.63, 3.8) is 0 Å². The van der Waals surface area contributed by atoms with E-state index in [1.165, 1.54) is 45.1 Å². The third-order valence-corrected chi connectivity index (χ3v) is 3.94. The van der Waals surface area contributed by atoms with Crippen molar-refractivity contribution in [3.05, 3.63) is 0 Å².